The third-order valence-electron chi connectivity index (χ3n) is 13.4. The summed E-state index contributed by atoms with van der Waals surface area (Å²) in [5.41, 5.74) is 24.3. The van der Waals surface area contributed by atoms with E-state index in [1.807, 2.05) is 6.08 Å². The van der Waals surface area contributed by atoms with Crippen molar-refractivity contribution in [3.63, 3.8) is 0 Å². The molecule has 0 atom stereocenters. The molecule has 0 fully saturated rings. The second-order valence-electron chi connectivity index (χ2n) is 18.1. The maximum absolute atomic E-state index is 4.00. The molecule has 3 nitrogen and oxygen atoms in total. The molecule has 0 saturated heterocycles. The zero-order valence-corrected chi connectivity index (χ0v) is 41.5. The van der Waals surface area contributed by atoms with Gasteiger partial charge >= 0.3 is 0 Å². The maximum atomic E-state index is 4.00. The van der Waals surface area contributed by atoms with Crippen LogP contribution in [0.5, 0.6) is 0 Å². The van der Waals surface area contributed by atoms with Crippen LogP contribution in [0.4, 0.5) is 45.5 Å². The van der Waals surface area contributed by atoms with Gasteiger partial charge in [0.1, 0.15) is 0 Å². The minimum Gasteiger partial charge on any atom is -0.310 e. The van der Waals surface area contributed by atoms with Gasteiger partial charge in [0.2, 0.25) is 0 Å². The van der Waals surface area contributed by atoms with E-state index < -0.39 is 0 Å². The molecule has 0 N–H and O–H groups in total. The summed E-state index contributed by atoms with van der Waals surface area (Å²) in [5.74, 6) is 0. The minimum absolute atomic E-state index is 1.09. The Kier molecular flexibility index (Phi) is 13.9. The monoisotopic (exact) mass is 907 g/mol. The molecule has 70 heavy (non-hydrogen) atoms. The lowest BCUT2D eigenvalue weighted by atomic mass is 9.93. The van der Waals surface area contributed by atoms with Crippen molar-refractivity contribution in [3.8, 4) is 33.4 Å². The molecule has 0 aliphatic carbocycles. The number of para-hydroxylation sites is 5. The molecule has 9 rings (SSSR count). The zero-order valence-electron chi connectivity index (χ0n) is 41.5. The highest BCUT2D eigenvalue weighted by molar-refractivity contribution is 5.87. The van der Waals surface area contributed by atoms with E-state index in [4.69, 9.17) is 0 Å². The number of benzene rings is 9. The van der Waals surface area contributed by atoms with Gasteiger partial charge in [-0.05, 0) is 200 Å². The standard InChI is InChI=1S/C67H61N3/c1-9-21-47(3)62(10-2)68(63-27-16-11-22-48(63)4)59-38-32-53(33-39-59)56-44-57(54-34-40-60(41-35-54)69(64-28-17-12-23-49(64)5)65-29-18-13-24-50(65)6)46-58(45-56)55-36-42-61(43-37-55)70(66-30-19-14-25-51(66)7)67-31-20-15-26-52(67)8/h9-46H,1H2,2-8H3/b47-21-,62-10+. The third-order valence-corrected chi connectivity index (χ3v) is 13.4. The summed E-state index contributed by atoms with van der Waals surface area (Å²) in [5, 5.41) is 0. The van der Waals surface area contributed by atoms with Crippen LogP contribution in [0.3, 0.4) is 0 Å². The fourth-order valence-corrected chi connectivity index (χ4v) is 9.63. The molecule has 0 aromatic heterocycles. The molecule has 0 aliphatic rings. The first-order valence-electron chi connectivity index (χ1n) is 24.2. The molecule has 344 valence electrons. The van der Waals surface area contributed by atoms with Crippen molar-refractivity contribution in [1.29, 1.82) is 0 Å². The van der Waals surface area contributed by atoms with Crippen LogP contribution < -0.4 is 14.7 Å². The molecule has 0 heterocycles. The molecule has 0 unspecified atom stereocenters. The van der Waals surface area contributed by atoms with Crippen LogP contribution in [0.1, 0.15) is 41.7 Å². The van der Waals surface area contributed by atoms with E-state index in [1.54, 1.807) is 0 Å². The SMILES string of the molecule is C=C/C=C(C)\C(=C/C)N(c1ccc(-c2cc(-c3ccc(N(c4ccccc4C)c4ccccc4C)cc3)cc(-c3ccc(N(c4ccccc4C)c4ccccc4C)cc3)c2)cc1)c1ccccc1C. The molecule has 9 aromatic carbocycles. The predicted octanol–water partition coefficient (Wildman–Crippen LogP) is 19.3. The molecule has 0 amide bonds. The van der Waals surface area contributed by atoms with E-state index >= 15 is 0 Å². The van der Waals surface area contributed by atoms with E-state index in [0.717, 1.165) is 67.4 Å². The van der Waals surface area contributed by atoms with Gasteiger partial charge in [0, 0.05) is 51.2 Å². The molecule has 0 bridgehead atoms. The maximum Gasteiger partial charge on any atom is 0.0490 e. The van der Waals surface area contributed by atoms with E-state index in [2.05, 4.69) is 294 Å². The van der Waals surface area contributed by atoms with Crippen molar-refractivity contribution in [2.45, 2.75) is 48.5 Å². The van der Waals surface area contributed by atoms with Gasteiger partial charge in [-0.15, -0.1) is 0 Å². The fourth-order valence-electron chi connectivity index (χ4n) is 9.63. The van der Waals surface area contributed by atoms with Crippen LogP contribution >= 0.6 is 0 Å². The number of rotatable bonds is 14. The predicted molar refractivity (Wildman–Crippen MR) is 302 cm³/mol. The van der Waals surface area contributed by atoms with Gasteiger partial charge in [0.25, 0.3) is 0 Å². The van der Waals surface area contributed by atoms with E-state index in [9.17, 15) is 0 Å². The van der Waals surface area contributed by atoms with Gasteiger partial charge in [-0.25, -0.2) is 0 Å². The van der Waals surface area contributed by atoms with Crippen molar-refractivity contribution in [2.75, 3.05) is 14.7 Å². The Morgan fingerprint density at radius 1 is 0.357 bits per heavy atom. The number of aryl methyl sites for hydroxylation is 5. The highest BCUT2D eigenvalue weighted by Crippen LogP contribution is 2.43. The number of nitrogens with zero attached hydrogens (tertiary/aromatic N) is 3. The van der Waals surface area contributed by atoms with Crippen molar-refractivity contribution in [3.05, 3.63) is 276 Å². The number of hydrogen-bond donors (Lipinski definition) is 0. The van der Waals surface area contributed by atoms with Crippen molar-refractivity contribution in [1.82, 2.24) is 0 Å². The summed E-state index contributed by atoms with van der Waals surface area (Å²) in [4.78, 5) is 7.11. The van der Waals surface area contributed by atoms with Crippen LogP contribution in [-0.2, 0) is 0 Å². The second kappa shape index (κ2) is 20.9. The molecule has 9 aromatic rings. The quantitative estimate of drug-likeness (QED) is 0.101. The second-order valence-corrected chi connectivity index (χ2v) is 18.1. The third kappa shape index (κ3) is 9.65. The number of allylic oxidation sites excluding steroid dienone is 4. The van der Waals surface area contributed by atoms with Crippen molar-refractivity contribution in [2.24, 2.45) is 0 Å². The van der Waals surface area contributed by atoms with Crippen molar-refractivity contribution >= 4 is 45.5 Å². The number of hydrogen-bond acceptors (Lipinski definition) is 3. The topological polar surface area (TPSA) is 9.72 Å². The van der Waals surface area contributed by atoms with Gasteiger partial charge in [0.05, 0.1) is 0 Å². The Labute approximate surface area is 416 Å². The first-order chi connectivity index (χ1) is 34.1. The summed E-state index contributed by atoms with van der Waals surface area (Å²) in [7, 11) is 0. The van der Waals surface area contributed by atoms with Crippen molar-refractivity contribution < 1.29 is 0 Å². The van der Waals surface area contributed by atoms with E-state index in [-0.39, 0.29) is 0 Å². The van der Waals surface area contributed by atoms with Crippen LogP contribution in [0.2, 0.25) is 0 Å². The summed E-state index contributed by atoms with van der Waals surface area (Å²) in [6.07, 6.45) is 6.12. The van der Waals surface area contributed by atoms with Gasteiger partial charge in [0.15, 0.2) is 0 Å². The average molecular weight is 908 g/mol. The summed E-state index contributed by atoms with van der Waals surface area (Å²) in [6, 6.07) is 77.3. The van der Waals surface area contributed by atoms with E-state index in [1.165, 1.54) is 50.6 Å². The largest absolute Gasteiger partial charge is 0.310 e. The molecule has 0 spiro atoms. The summed E-state index contributed by atoms with van der Waals surface area (Å²) < 4.78 is 0. The molecule has 3 heteroatoms. The molecule has 0 saturated carbocycles. The molecule has 0 radical (unpaired) electrons. The van der Waals surface area contributed by atoms with Gasteiger partial charge in [-0.2, -0.15) is 0 Å². The summed E-state index contributed by atoms with van der Waals surface area (Å²) in [6.45, 7) is 19.2. The zero-order chi connectivity index (χ0) is 48.7. The van der Waals surface area contributed by atoms with Crippen LogP contribution in [0, 0.1) is 34.6 Å². The van der Waals surface area contributed by atoms with Gasteiger partial charge < -0.3 is 14.7 Å². The smallest absolute Gasteiger partial charge is 0.0490 e. The first kappa shape index (κ1) is 46.7. The Balaban J connectivity index is 1.16. The van der Waals surface area contributed by atoms with Crippen LogP contribution in [0.15, 0.2) is 248 Å². The lowest BCUT2D eigenvalue weighted by Gasteiger charge is -2.30. The van der Waals surface area contributed by atoms with E-state index in [0.29, 0.717) is 0 Å². The first-order valence-corrected chi connectivity index (χ1v) is 24.2. The van der Waals surface area contributed by atoms with Gasteiger partial charge in [-0.3, -0.25) is 0 Å². The molecular weight excluding hydrogens is 847 g/mol. The molecule has 0 aliphatic heterocycles. The lowest BCUT2D eigenvalue weighted by Crippen LogP contribution is -2.18. The normalized spacial score (nSPS) is 11.6. The Hall–Kier alpha value is -8.40. The minimum atomic E-state index is 1.09. The van der Waals surface area contributed by atoms with Crippen LogP contribution in [-0.4, -0.2) is 0 Å². The summed E-state index contributed by atoms with van der Waals surface area (Å²) >= 11 is 0. The Morgan fingerprint density at radius 3 is 0.929 bits per heavy atom. The van der Waals surface area contributed by atoms with Crippen LogP contribution in [0.25, 0.3) is 33.4 Å². The fraction of sp³-hybridized carbons (Fsp3) is 0.104. The Morgan fingerprint density at radius 2 is 0.643 bits per heavy atom. The Bertz CT molecular complexity index is 3110. The lowest BCUT2D eigenvalue weighted by molar-refractivity contribution is 1.13. The highest BCUT2D eigenvalue weighted by atomic mass is 15.2. The number of anilines is 8. The average Bonchev–Trinajstić information content (AvgIpc) is 3.38. The van der Waals surface area contributed by atoms with Gasteiger partial charge in [-0.1, -0.05) is 152 Å². The molecular formula is C67H61N3. The highest BCUT2D eigenvalue weighted by Gasteiger charge is 2.21.